The first kappa shape index (κ1) is 10.7. The molecule has 0 fully saturated rings. The molecule has 1 N–H and O–H groups in total. The second kappa shape index (κ2) is 5.34. The smallest absolute Gasteiger partial charge is 0.325 e. The first-order chi connectivity index (χ1) is 6.74. The van der Waals surface area contributed by atoms with Crippen molar-refractivity contribution in [3.05, 3.63) is 35.9 Å². The predicted molar refractivity (Wildman–Crippen MR) is 58.2 cm³/mol. The summed E-state index contributed by atoms with van der Waals surface area (Å²) in [7, 11) is 1.34. The third-order valence-corrected chi connectivity index (χ3v) is 2.04. The first-order valence-corrected chi connectivity index (χ1v) is 4.55. The van der Waals surface area contributed by atoms with Gasteiger partial charge in [-0.15, -0.1) is 0 Å². The van der Waals surface area contributed by atoms with Crippen LogP contribution in [-0.4, -0.2) is 24.6 Å². The van der Waals surface area contributed by atoms with Gasteiger partial charge in [0.1, 0.15) is 11.5 Å². The third-order valence-electron chi connectivity index (χ3n) is 1.66. The summed E-state index contributed by atoms with van der Waals surface area (Å²) in [6.07, 6.45) is 0. The van der Waals surface area contributed by atoms with Crippen LogP contribution in [0.5, 0.6) is 0 Å². The molecule has 0 saturated carbocycles. The highest BCUT2D eigenvalue weighted by molar-refractivity contribution is 7.80. The molecule has 74 valence electrons. The van der Waals surface area contributed by atoms with Gasteiger partial charge in [-0.25, -0.2) is 0 Å². The Labute approximate surface area is 88.1 Å². The molecule has 1 rings (SSSR count). The van der Waals surface area contributed by atoms with Gasteiger partial charge in [-0.3, -0.25) is 4.79 Å². The van der Waals surface area contributed by atoms with Crippen LogP contribution in [0.25, 0.3) is 0 Å². The zero-order valence-corrected chi connectivity index (χ0v) is 8.64. The van der Waals surface area contributed by atoms with Gasteiger partial charge in [0.2, 0.25) is 0 Å². The van der Waals surface area contributed by atoms with Gasteiger partial charge < -0.3 is 10.1 Å². The van der Waals surface area contributed by atoms with E-state index < -0.39 is 0 Å². The van der Waals surface area contributed by atoms with Crippen LogP contribution in [0.15, 0.2) is 30.3 Å². The minimum absolute atomic E-state index is 0.101. The first-order valence-electron chi connectivity index (χ1n) is 4.14. The molecular formula is C10H11NO2S. The van der Waals surface area contributed by atoms with Crippen molar-refractivity contribution >= 4 is 23.2 Å². The highest BCUT2D eigenvalue weighted by Crippen LogP contribution is 1.98. The molecule has 0 radical (unpaired) electrons. The molecule has 14 heavy (non-hydrogen) atoms. The largest absolute Gasteiger partial charge is 0.468 e. The van der Waals surface area contributed by atoms with Gasteiger partial charge in [0.15, 0.2) is 0 Å². The van der Waals surface area contributed by atoms with Gasteiger partial charge in [0.25, 0.3) is 0 Å². The van der Waals surface area contributed by atoms with Crippen LogP contribution >= 0.6 is 12.2 Å². The molecule has 0 unspecified atom stereocenters. The van der Waals surface area contributed by atoms with Gasteiger partial charge in [-0.05, 0) is 0 Å². The summed E-state index contributed by atoms with van der Waals surface area (Å²) in [5.41, 5.74) is 0.895. The van der Waals surface area contributed by atoms with Gasteiger partial charge in [-0.1, -0.05) is 42.5 Å². The van der Waals surface area contributed by atoms with E-state index in [4.69, 9.17) is 12.2 Å². The van der Waals surface area contributed by atoms with Crippen LogP contribution in [0.3, 0.4) is 0 Å². The molecule has 0 aliphatic rings. The number of esters is 1. The van der Waals surface area contributed by atoms with Crippen molar-refractivity contribution in [1.29, 1.82) is 0 Å². The summed E-state index contributed by atoms with van der Waals surface area (Å²) in [6.45, 7) is 0.101. The molecule has 0 amide bonds. The van der Waals surface area contributed by atoms with Gasteiger partial charge in [0.05, 0.1) is 7.11 Å². The molecule has 0 spiro atoms. The highest BCUT2D eigenvalue weighted by Gasteiger charge is 2.02. The molecule has 0 heterocycles. The maximum absolute atomic E-state index is 10.8. The van der Waals surface area contributed by atoms with Crippen molar-refractivity contribution in [2.24, 2.45) is 0 Å². The fourth-order valence-corrected chi connectivity index (χ4v) is 1.12. The number of hydrogen-bond donors (Lipinski definition) is 1. The van der Waals surface area contributed by atoms with E-state index in [9.17, 15) is 4.79 Å². The van der Waals surface area contributed by atoms with Gasteiger partial charge in [-0.2, -0.15) is 0 Å². The Kier molecular flexibility index (Phi) is 4.07. The minimum atomic E-state index is -0.330. The Balaban J connectivity index is 2.48. The summed E-state index contributed by atoms with van der Waals surface area (Å²) >= 11 is 5.07. The molecule has 0 bridgehead atoms. The van der Waals surface area contributed by atoms with E-state index in [0.717, 1.165) is 5.56 Å². The van der Waals surface area contributed by atoms with Crippen molar-refractivity contribution in [2.75, 3.05) is 13.7 Å². The average molecular weight is 209 g/mol. The lowest BCUT2D eigenvalue weighted by molar-refractivity contribution is -0.139. The Bertz CT molecular complexity index is 324. The Morgan fingerprint density at radius 1 is 1.43 bits per heavy atom. The molecule has 0 saturated heterocycles. The third kappa shape index (κ3) is 3.14. The fourth-order valence-electron chi connectivity index (χ4n) is 0.916. The zero-order chi connectivity index (χ0) is 10.4. The fraction of sp³-hybridized carbons (Fsp3) is 0.200. The molecule has 4 heteroatoms. The summed E-state index contributed by atoms with van der Waals surface area (Å²) < 4.78 is 4.48. The topological polar surface area (TPSA) is 38.3 Å². The van der Waals surface area contributed by atoms with Crippen molar-refractivity contribution in [1.82, 2.24) is 5.32 Å². The molecule has 1 aromatic rings. The van der Waals surface area contributed by atoms with E-state index in [2.05, 4.69) is 10.1 Å². The Hall–Kier alpha value is -1.42. The number of rotatable bonds is 3. The summed E-state index contributed by atoms with van der Waals surface area (Å²) in [5.74, 6) is -0.330. The lowest BCUT2D eigenvalue weighted by Gasteiger charge is -2.05. The van der Waals surface area contributed by atoms with E-state index in [1.54, 1.807) is 0 Å². The van der Waals surface area contributed by atoms with E-state index in [-0.39, 0.29) is 12.5 Å². The van der Waals surface area contributed by atoms with E-state index in [1.165, 1.54) is 7.11 Å². The lowest BCUT2D eigenvalue weighted by Crippen LogP contribution is -2.29. The molecule has 1 aromatic carbocycles. The summed E-state index contributed by atoms with van der Waals surface area (Å²) in [4.78, 5) is 11.4. The number of thiocarbonyl (C=S) groups is 1. The Morgan fingerprint density at radius 2 is 2.07 bits per heavy atom. The number of nitrogens with one attached hydrogen (secondary N) is 1. The molecule has 0 aliphatic carbocycles. The van der Waals surface area contributed by atoms with Gasteiger partial charge >= 0.3 is 5.97 Å². The van der Waals surface area contributed by atoms with E-state index >= 15 is 0 Å². The predicted octanol–water partition coefficient (Wildman–Crippen LogP) is 1.12. The van der Waals surface area contributed by atoms with Crippen molar-refractivity contribution in [3.63, 3.8) is 0 Å². The van der Waals surface area contributed by atoms with E-state index in [1.807, 2.05) is 30.3 Å². The maximum atomic E-state index is 10.8. The summed E-state index contributed by atoms with van der Waals surface area (Å²) in [5, 5.41) is 2.81. The number of ether oxygens (including phenoxy) is 1. The second-order valence-electron chi connectivity index (χ2n) is 2.62. The van der Waals surface area contributed by atoms with Crippen molar-refractivity contribution in [3.8, 4) is 0 Å². The Morgan fingerprint density at radius 3 is 2.64 bits per heavy atom. The number of methoxy groups -OCH3 is 1. The van der Waals surface area contributed by atoms with Gasteiger partial charge in [0, 0.05) is 5.56 Å². The lowest BCUT2D eigenvalue weighted by atomic mass is 10.2. The van der Waals surface area contributed by atoms with Crippen molar-refractivity contribution < 1.29 is 9.53 Å². The van der Waals surface area contributed by atoms with Crippen LogP contribution in [-0.2, 0) is 9.53 Å². The zero-order valence-electron chi connectivity index (χ0n) is 7.82. The molecule has 0 aromatic heterocycles. The average Bonchev–Trinajstić information content (AvgIpc) is 2.26. The maximum Gasteiger partial charge on any atom is 0.325 e. The number of benzene rings is 1. The van der Waals surface area contributed by atoms with Crippen LogP contribution in [0.2, 0.25) is 0 Å². The second-order valence-corrected chi connectivity index (χ2v) is 3.03. The molecule has 3 nitrogen and oxygen atoms in total. The van der Waals surface area contributed by atoms with Crippen LogP contribution in [0.1, 0.15) is 5.56 Å². The minimum Gasteiger partial charge on any atom is -0.468 e. The van der Waals surface area contributed by atoms with Crippen molar-refractivity contribution in [2.45, 2.75) is 0 Å². The molecule has 0 atom stereocenters. The number of hydrogen-bond acceptors (Lipinski definition) is 3. The highest BCUT2D eigenvalue weighted by atomic mass is 32.1. The standard InChI is InChI=1S/C10H11NO2S/c1-13-9(12)7-11-10(14)8-5-3-2-4-6-8/h2-6H,7H2,1H3,(H,11,14). The van der Waals surface area contributed by atoms with Crippen LogP contribution in [0, 0.1) is 0 Å². The van der Waals surface area contributed by atoms with Crippen LogP contribution in [0.4, 0.5) is 0 Å². The molecule has 0 aliphatic heterocycles. The monoisotopic (exact) mass is 209 g/mol. The van der Waals surface area contributed by atoms with Crippen LogP contribution < -0.4 is 5.32 Å². The molecular weight excluding hydrogens is 198 g/mol. The number of carbonyl (C=O) groups is 1. The number of carbonyl (C=O) groups excluding carboxylic acids is 1. The normalized spacial score (nSPS) is 9.21. The SMILES string of the molecule is COC(=O)CNC(=S)c1ccccc1. The quantitative estimate of drug-likeness (QED) is 0.598. The summed E-state index contributed by atoms with van der Waals surface area (Å²) in [6, 6.07) is 9.45. The van der Waals surface area contributed by atoms with E-state index in [0.29, 0.717) is 4.99 Å².